The highest BCUT2D eigenvalue weighted by molar-refractivity contribution is 7.18. The van der Waals surface area contributed by atoms with Crippen molar-refractivity contribution in [1.29, 1.82) is 0 Å². The summed E-state index contributed by atoms with van der Waals surface area (Å²) in [6, 6.07) is 5.98. The Bertz CT molecular complexity index is 751. The molecule has 2 saturated heterocycles. The van der Waals surface area contributed by atoms with Gasteiger partial charge in [0.15, 0.2) is 0 Å². The van der Waals surface area contributed by atoms with E-state index in [1.54, 1.807) is 23.7 Å². The van der Waals surface area contributed by atoms with Crippen molar-refractivity contribution in [2.24, 2.45) is 0 Å². The SMILES string of the molecule is O=C(c1cc(-c2ccncc2)c(N2CCOCC2)s1)N1CCC(O)CC1. The third-order valence-corrected chi connectivity index (χ3v) is 6.15. The molecule has 7 heteroatoms. The predicted molar refractivity (Wildman–Crippen MR) is 102 cm³/mol. The number of likely N-dealkylation sites (tertiary alicyclic amines) is 1. The fraction of sp³-hybridized carbons (Fsp3) is 0.474. The maximum Gasteiger partial charge on any atom is 0.264 e. The number of hydrogen-bond acceptors (Lipinski definition) is 6. The van der Waals surface area contributed by atoms with E-state index in [0.717, 1.165) is 34.1 Å². The molecular weight excluding hydrogens is 350 g/mol. The van der Waals surface area contributed by atoms with Crippen LogP contribution in [0.2, 0.25) is 0 Å². The van der Waals surface area contributed by atoms with Gasteiger partial charge >= 0.3 is 0 Å². The van der Waals surface area contributed by atoms with E-state index in [-0.39, 0.29) is 12.0 Å². The summed E-state index contributed by atoms with van der Waals surface area (Å²) in [6.07, 6.45) is 4.60. The maximum absolute atomic E-state index is 13.0. The van der Waals surface area contributed by atoms with Crippen LogP contribution in [-0.2, 0) is 4.74 Å². The van der Waals surface area contributed by atoms with E-state index in [1.807, 2.05) is 23.1 Å². The van der Waals surface area contributed by atoms with Gasteiger partial charge in [0, 0.05) is 44.1 Å². The van der Waals surface area contributed by atoms with Gasteiger partial charge in [-0.3, -0.25) is 9.78 Å². The Balaban J connectivity index is 1.65. The molecule has 2 aromatic rings. The third-order valence-electron chi connectivity index (χ3n) is 4.96. The number of thiophene rings is 1. The molecule has 2 aromatic heterocycles. The number of aromatic nitrogens is 1. The first kappa shape index (κ1) is 17.5. The first-order chi connectivity index (χ1) is 12.7. The quantitative estimate of drug-likeness (QED) is 0.894. The van der Waals surface area contributed by atoms with E-state index in [4.69, 9.17) is 4.74 Å². The molecule has 4 heterocycles. The van der Waals surface area contributed by atoms with Gasteiger partial charge in [-0.15, -0.1) is 11.3 Å². The molecule has 0 radical (unpaired) electrons. The van der Waals surface area contributed by atoms with Crippen LogP contribution in [0, 0.1) is 0 Å². The van der Waals surface area contributed by atoms with Gasteiger partial charge in [-0.05, 0) is 36.6 Å². The molecule has 2 fully saturated rings. The number of carbonyl (C=O) groups excluding carboxylic acids is 1. The molecule has 0 unspecified atom stereocenters. The second-order valence-corrected chi connectivity index (χ2v) is 7.72. The summed E-state index contributed by atoms with van der Waals surface area (Å²) < 4.78 is 5.48. The predicted octanol–water partition coefficient (Wildman–Crippen LogP) is 2.24. The minimum absolute atomic E-state index is 0.0664. The Hall–Kier alpha value is -1.96. The maximum atomic E-state index is 13.0. The van der Waals surface area contributed by atoms with Crippen LogP contribution in [0.15, 0.2) is 30.6 Å². The van der Waals surface area contributed by atoms with E-state index in [2.05, 4.69) is 9.88 Å². The van der Waals surface area contributed by atoms with Gasteiger partial charge < -0.3 is 19.6 Å². The Morgan fingerprint density at radius 3 is 2.54 bits per heavy atom. The molecule has 0 atom stereocenters. The second-order valence-electron chi connectivity index (χ2n) is 6.69. The number of carbonyl (C=O) groups is 1. The van der Waals surface area contributed by atoms with Crippen LogP contribution in [-0.4, -0.2) is 66.4 Å². The van der Waals surface area contributed by atoms with Crippen molar-refractivity contribution >= 4 is 22.2 Å². The molecule has 1 amide bonds. The van der Waals surface area contributed by atoms with Gasteiger partial charge in [-0.1, -0.05) is 0 Å². The lowest BCUT2D eigenvalue weighted by molar-refractivity contribution is 0.0550. The summed E-state index contributed by atoms with van der Waals surface area (Å²) in [4.78, 5) is 22.0. The molecule has 0 aliphatic carbocycles. The Morgan fingerprint density at radius 2 is 1.85 bits per heavy atom. The Labute approximate surface area is 157 Å². The number of anilines is 1. The van der Waals surface area contributed by atoms with E-state index in [1.165, 1.54) is 0 Å². The smallest absolute Gasteiger partial charge is 0.264 e. The zero-order valence-corrected chi connectivity index (χ0v) is 15.5. The molecule has 0 saturated carbocycles. The summed E-state index contributed by atoms with van der Waals surface area (Å²) in [7, 11) is 0. The van der Waals surface area contributed by atoms with Gasteiger partial charge in [0.2, 0.25) is 0 Å². The lowest BCUT2D eigenvalue weighted by Crippen LogP contribution is -2.39. The van der Waals surface area contributed by atoms with E-state index in [9.17, 15) is 9.90 Å². The van der Waals surface area contributed by atoms with Crippen LogP contribution in [0.4, 0.5) is 5.00 Å². The Morgan fingerprint density at radius 1 is 1.15 bits per heavy atom. The van der Waals surface area contributed by atoms with Crippen LogP contribution < -0.4 is 4.90 Å². The van der Waals surface area contributed by atoms with Gasteiger partial charge in [0.05, 0.1) is 29.2 Å². The molecule has 1 N–H and O–H groups in total. The first-order valence-electron chi connectivity index (χ1n) is 9.06. The van der Waals surface area contributed by atoms with Crippen molar-refractivity contribution in [3.05, 3.63) is 35.5 Å². The van der Waals surface area contributed by atoms with Gasteiger partial charge in [-0.25, -0.2) is 0 Å². The Kier molecular flexibility index (Phi) is 5.19. The highest BCUT2D eigenvalue weighted by atomic mass is 32.1. The summed E-state index contributed by atoms with van der Waals surface area (Å²) in [5.41, 5.74) is 2.16. The fourth-order valence-corrected chi connectivity index (χ4v) is 4.65. The van der Waals surface area contributed by atoms with Crippen LogP contribution in [0.1, 0.15) is 22.5 Å². The summed E-state index contributed by atoms with van der Waals surface area (Å²) in [5.74, 6) is 0.0664. The molecule has 2 aliphatic rings. The number of rotatable bonds is 3. The lowest BCUT2D eigenvalue weighted by atomic mass is 10.1. The first-order valence-corrected chi connectivity index (χ1v) is 9.88. The largest absolute Gasteiger partial charge is 0.393 e. The number of amides is 1. The highest BCUT2D eigenvalue weighted by Crippen LogP contribution is 2.39. The standard InChI is InChI=1S/C19H23N3O3S/c23-15-3-7-21(8-4-15)18(24)17-13-16(14-1-5-20-6-2-14)19(26-17)22-9-11-25-12-10-22/h1-2,5-6,13,15,23H,3-4,7-12H2. The highest BCUT2D eigenvalue weighted by Gasteiger charge is 2.26. The number of pyridine rings is 1. The van der Waals surface area contributed by atoms with Crippen LogP contribution in [0.25, 0.3) is 11.1 Å². The minimum atomic E-state index is -0.279. The normalized spacial score (nSPS) is 19.0. The average molecular weight is 373 g/mol. The van der Waals surface area contributed by atoms with Crippen LogP contribution >= 0.6 is 11.3 Å². The summed E-state index contributed by atoms with van der Waals surface area (Å²) in [5, 5.41) is 10.8. The zero-order chi connectivity index (χ0) is 17.9. The lowest BCUT2D eigenvalue weighted by Gasteiger charge is -2.29. The van der Waals surface area contributed by atoms with E-state index < -0.39 is 0 Å². The third kappa shape index (κ3) is 3.60. The number of ether oxygens (including phenoxy) is 1. The molecule has 4 rings (SSSR count). The number of piperidine rings is 1. The van der Waals surface area contributed by atoms with Crippen molar-refractivity contribution in [2.75, 3.05) is 44.3 Å². The molecule has 0 bridgehead atoms. The van der Waals surface area contributed by atoms with Crippen molar-refractivity contribution in [2.45, 2.75) is 18.9 Å². The van der Waals surface area contributed by atoms with Crippen LogP contribution in [0.5, 0.6) is 0 Å². The molecule has 6 nitrogen and oxygen atoms in total. The van der Waals surface area contributed by atoms with Gasteiger partial charge in [0.25, 0.3) is 5.91 Å². The van der Waals surface area contributed by atoms with E-state index >= 15 is 0 Å². The van der Waals surface area contributed by atoms with Crippen molar-refractivity contribution in [3.63, 3.8) is 0 Å². The molecule has 0 aromatic carbocycles. The molecular formula is C19H23N3O3S. The zero-order valence-electron chi connectivity index (χ0n) is 14.6. The van der Waals surface area contributed by atoms with Crippen molar-refractivity contribution in [1.82, 2.24) is 9.88 Å². The molecule has 2 aliphatic heterocycles. The van der Waals surface area contributed by atoms with Crippen LogP contribution in [0.3, 0.4) is 0 Å². The molecule has 0 spiro atoms. The monoisotopic (exact) mass is 373 g/mol. The minimum Gasteiger partial charge on any atom is -0.393 e. The van der Waals surface area contributed by atoms with Gasteiger partial charge in [0.1, 0.15) is 0 Å². The summed E-state index contributed by atoms with van der Waals surface area (Å²) >= 11 is 1.56. The summed E-state index contributed by atoms with van der Waals surface area (Å²) in [6.45, 7) is 4.33. The number of hydrogen-bond donors (Lipinski definition) is 1. The van der Waals surface area contributed by atoms with Crippen molar-refractivity contribution in [3.8, 4) is 11.1 Å². The number of nitrogens with zero attached hydrogens (tertiary/aromatic N) is 3. The molecule has 138 valence electrons. The van der Waals surface area contributed by atoms with E-state index in [0.29, 0.717) is 39.1 Å². The molecule has 26 heavy (non-hydrogen) atoms. The number of aliphatic hydroxyl groups excluding tert-OH is 1. The number of morpholine rings is 1. The topological polar surface area (TPSA) is 65.9 Å². The second kappa shape index (κ2) is 7.73. The average Bonchev–Trinajstić information content (AvgIpc) is 3.15. The fourth-order valence-electron chi connectivity index (χ4n) is 3.45. The van der Waals surface area contributed by atoms with Crippen molar-refractivity contribution < 1.29 is 14.6 Å². The number of aliphatic hydroxyl groups is 1. The van der Waals surface area contributed by atoms with Gasteiger partial charge in [-0.2, -0.15) is 0 Å².